The minimum atomic E-state index is 0.0237. The molecule has 1 aromatic heterocycles. The summed E-state index contributed by atoms with van der Waals surface area (Å²) in [6.45, 7) is 4.76. The van der Waals surface area contributed by atoms with E-state index >= 15 is 0 Å². The van der Waals surface area contributed by atoms with Crippen LogP contribution in [0.4, 0.5) is 0 Å². The average molecular weight is 350 g/mol. The number of hydrogen-bond donors (Lipinski definition) is 0. The molecule has 0 bridgehead atoms. The third-order valence-electron chi connectivity index (χ3n) is 6.04. The van der Waals surface area contributed by atoms with Gasteiger partial charge in [0.05, 0.1) is 0 Å². The van der Waals surface area contributed by atoms with Gasteiger partial charge in [-0.3, -0.25) is 0 Å². The maximum absolute atomic E-state index is 2.38. The number of thiophene rings is 1. The molecule has 1 heteroatoms. The summed E-state index contributed by atoms with van der Waals surface area (Å²) in [6.07, 6.45) is 0. The monoisotopic (exact) mass is 350 g/mol. The maximum atomic E-state index is 2.38. The smallest absolute Gasteiger partial charge is 0.0437 e. The minimum Gasteiger partial charge on any atom is -0.135 e. The Bertz CT molecular complexity index is 1350. The molecule has 1 aliphatic carbocycles. The van der Waals surface area contributed by atoms with Crippen LogP contribution >= 0.6 is 11.3 Å². The summed E-state index contributed by atoms with van der Waals surface area (Å²) in [5.41, 5.74) is 5.76. The van der Waals surface area contributed by atoms with E-state index in [0.717, 1.165) is 0 Å². The summed E-state index contributed by atoms with van der Waals surface area (Å²) in [6, 6.07) is 26.9. The lowest BCUT2D eigenvalue weighted by molar-refractivity contribution is 0.666. The van der Waals surface area contributed by atoms with E-state index in [-0.39, 0.29) is 5.41 Å². The van der Waals surface area contributed by atoms with Gasteiger partial charge in [-0.2, -0.15) is 0 Å². The summed E-state index contributed by atoms with van der Waals surface area (Å²) >= 11 is 1.94. The van der Waals surface area contributed by atoms with Crippen molar-refractivity contribution in [1.82, 2.24) is 0 Å². The predicted molar refractivity (Wildman–Crippen MR) is 114 cm³/mol. The van der Waals surface area contributed by atoms with Crippen molar-refractivity contribution in [1.29, 1.82) is 0 Å². The second-order valence-corrected chi connectivity index (χ2v) is 8.85. The summed E-state index contributed by atoms with van der Waals surface area (Å²) < 4.78 is 2.81. The normalized spacial score (nSPS) is 14.8. The summed E-state index contributed by atoms with van der Waals surface area (Å²) in [4.78, 5) is 0. The van der Waals surface area contributed by atoms with Crippen molar-refractivity contribution in [3.8, 4) is 11.1 Å². The molecule has 0 aliphatic heterocycles. The van der Waals surface area contributed by atoms with E-state index in [2.05, 4.69) is 86.6 Å². The number of benzene rings is 4. The zero-order valence-electron chi connectivity index (χ0n) is 14.8. The van der Waals surface area contributed by atoms with Gasteiger partial charge in [0.1, 0.15) is 0 Å². The fourth-order valence-corrected chi connectivity index (χ4v) is 6.13. The van der Waals surface area contributed by atoms with Crippen LogP contribution in [0.15, 0.2) is 72.8 Å². The van der Waals surface area contributed by atoms with Crippen LogP contribution < -0.4 is 0 Å². The molecular formula is C25H18S. The molecule has 0 spiro atoms. The molecule has 0 nitrogen and oxygen atoms in total. The molecule has 0 N–H and O–H groups in total. The van der Waals surface area contributed by atoms with Gasteiger partial charge in [0.2, 0.25) is 0 Å². The first kappa shape index (κ1) is 14.5. The van der Waals surface area contributed by atoms with E-state index in [4.69, 9.17) is 0 Å². The van der Waals surface area contributed by atoms with Gasteiger partial charge in [-0.25, -0.2) is 0 Å². The Balaban J connectivity index is 1.87. The van der Waals surface area contributed by atoms with Crippen LogP contribution in [0.25, 0.3) is 42.1 Å². The molecule has 0 saturated heterocycles. The third-order valence-corrected chi connectivity index (χ3v) is 7.25. The number of fused-ring (bicyclic) bond motifs is 9. The molecule has 0 fully saturated rings. The molecule has 0 atom stereocenters. The Hall–Kier alpha value is -2.64. The van der Waals surface area contributed by atoms with Gasteiger partial charge >= 0.3 is 0 Å². The molecule has 124 valence electrons. The zero-order chi connectivity index (χ0) is 17.5. The quantitative estimate of drug-likeness (QED) is 0.271. The van der Waals surface area contributed by atoms with E-state index in [0.29, 0.717) is 0 Å². The minimum absolute atomic E-state index is 0.0237. The molecule has 5 aromatic rings. The first-order chi connectivity index (χ1) is 12.7. The predicted octanol–water partition coefficient (Wildman–Crippen LogP) is 7.51. The van der Waals surface area contributed by atoms with Crippen molar-refractivity contribution in [2.75, 3.05) is 0 Å². The third kappa shape index (κ3) is 1.65. The molecule has 6 rings (SSSR count). The lowest BCUT2D eigenvalue weighted by Gasteiger charge is -2.23. The fourth-order valence-electron chi connectivity index (χ4n) is 4.86. The van der Waals surface area contributed by atoms with Crippen molar-refractivity contribution in [2.24, 2.45) is 0 Å². The van der Waals surface area contributed by atoms with E-state index in [1.165, 1.54) is 53.2 Å². The van der Waals surface area contributed by atoms with E-state index in [9.17, 15) is 0 Å². The number of hydrogen-bond acceptors (Lipinski definition) is 1. The van der Waals surface area contributed by atoms with Crippen molar-refractivity contribution < 1.29 is 0 Å². The van der Waals surface area contributed by atoms with Gasteiger partial charge in [-0.15, -0.1) is 11.3 Å². The summed E-state index contributed by atoms with van der Waals surface area (Å²) in [7, 11) is 0. The molecule has 0 amide bonds. The Kier molecular flexibility index (Phi) is 2.65. The van der Waals surface area contributed by atoms with Gasteiger partial charge in [-0.1, -0.05) is 80.6 Å². The zero-order valence-corrected chi connectivity index (χ0v) is 15.7. The molecule has 1 heterocycles. The SMILES string of the molecule is CC1(C)c2ccccc2-c2ccc3ccc4c5ccccc5sc4c3c21. The van der Waals surface area contributed by atoms with Gasteiger partial charge in [-0.05, 0) is 33.7 Å². The molecule has 0 unspecified atom stereocenters. The highest BCUT2D eigenvalue weighted by molar-refractivity contribution is 7.26. The standard InChI is InChI=1S/C25H18S/c1-25(2)20-9-5-3-7-16(20)18-13-11-15-12-14-19-17-8-4-6-10-21(17)26-24(19)22(15)23(18)25/h3-14H,1-2H3. The van der Waals surface area contributed by atoms with Crippen LogP contribution in [0.1, 0.15) is 25.0 Å². The molecule has 26 heavy (non-hydrogen) atoms. The van der Waals surface area contributed by atoms with Gasteiger partial charge in [0.15, 0.2) is 0 Å². The second kappa shape index (κ2) is 4.75. The van der Waals surface area contributed by atoms with Gasteiger partial charge < -0.3 is 0 Å². The van der Waals surface area contributed by atoms with Crippen LogP contribution in [0, 0.1) is 0 Å². The van der Waals surface area contributed by atoms with Crippen LogP contribution in [0.2, 0.25) is 0 Å². The van der Waals surface area contributed by atoms with Gasteiger partial charge in [0.25, 0.3) is 0 Å². The molecule has 1 aliphatic rings. The highest BCUT2D eigenvalue weighted by Gasteiger charge is 2.37. The summed E-state index contributed by atoms with van der Waals surface area (Å²) in [5.74, 6) is 0. The molecule has 4 aromatic carbocycles. The van der Waals surface area contributed by atoms with Crippen molar-refractivity contribution in [2.45, 2.75) is 19.3 Å². The highest BCUT2D eigenvalue weighted by atomic mass is 32.1. The van der Waals surface area contributed by atoms with E-state index < -0.39 is 0 Å². The molecule has 0 radical (unpaired) electrons. The largest absolute Gasteiger partial charge is 0.135 e. The van der Waals surface area contributed by atoms with Crippen molar-refractivity contribution >= 4 is 42.3 Å². The fraction of sp³-hybridized carbons (Fsp3) is 0.120. The van der Waals surface area contributed by atoms with Crippen LogP contribution in [-0.2, 0) is 5.41 Å². The number of rotatable bonds is 0. The Labute approximate surface area is 156 Å². The van der Waals surface area contributed by atoms with E-state index in [1.54, 1.807) is 0 Å². The summed E-state index contributed by atoms with van der Waals surface area (Å²) in [5, 5.41) is 5.56. The second-order valence-electron chi connectivity index (χ2n) is 7.80. The Morgan fingerprint density at radius 2 is 1.46 bits per heavy atom. The van der Waals surface area contributed by atoms with Crippen LogP contribution in [-0.4, -0.2) is 0 Å². The average Bonchev–Trinajstić information content (AvgIpc) is 3.16. The first-order valence-corrected chi connectivity index (χ1v) is 9.95. The maximum Gasteiger partial charge on any atom is 0.0437 e. The first-order valence-electron chi connectivity index (χ1n) is 9.13. The Morgan fingerprint density at radius 1 is 0.692 bits per heavy atom. The highest BCUT2D eigenvalue weighted by Crippen LogP contribution is 2.53. The topological polar surface area (TPSA) is 0 Å². The van der Waals surface area contributed by atoms with E-state index in [1.807, 2.05) is 11.3 Å². The lowest BCUT2D eigenvalue weighted by atomic mass is 9.80. The van der Waals surface area contributed by atoms with Crippen molar-refractivity contribution in [3.05, 3.63) is 83.9 Å². The van der Waals surface area contributed by atoms with Crippen LogP contribution in [0.5, 0.6) is 0 Å². The van der Waals surface area contributed by atoms with Gasteiger partial charge in [0, 0.05) is 31.0 Å². The molecular weight excluding hydrogens is 332 g/mol. The Morgan fingerprint density at radius 3 is 2.38 bits per heavy atom. The molecule has 0 saturated carbocycles. The van der Waals surface area contributed by atoms with Crippen molar-refractivity contribution in [3.63, 3.8) is 0 Å². The van der Waals surface area contributed by atoms with Crippen LogP contribution in [0.3, 0.4) is 0 Å². The lowest BCUT2D eigenvalue weighted by Crippen LogP contribution is -2.15.